The largest absolute Gasteiger partial charge is 0.388 e. The van der Waals surface area contributed by atoms with Crippen LogP contribution in [0.5, 0.6) is 0 Å². The van der Waals surface area contributed by atoms with Crippen LogP contribution in [0.3, 0.4) is 0 Å². The summed E-state index contributed by atoms with van der Waals surface area (Å²) in [7, 11) is 0. The third kappa shape index (κ3) is 2.84. The topological polar surface area (TPSA) is 44.0 Å². The third-order valence-corrected chi connectivity index (χ3v) is 3.18. The van der Waals surface area contributed by atoms with Crippen LogP contribution in [0.25, 0.3) is 0 Å². The highest BCUT2D eigenvalue weighted by atomic mass is 16.3. The number of aliphatic hydroxyl groups is 1. The van der Waals surface area contributed by atoms with Gasteiger partial charge in [-0.3, -0.25) is 0 Å². The number of hydrogen-bond acceptors (Lipinski definition) is 2. The number of nitriles is 1. The monoisotopic (exact) mass is 217 g/mol. The zero-order chi connectivity index (χ0) is 12.0. The Bertz CT molecular complexity index is 355. The van der Waals surface area contributed by atoms with E-state index in [-0.39, 0.29) is 5.92 Å². The maximum Gasteiger partial charge on any atom is 0.0842 e. The van der Waals surface area contributed by atoms with Gasteiger partial charge in [0.05, 0.1) is 17.6 Å². The average Bonchev–Trinajstić information content (AvgIpc) is 2.32. The molecule has 2 atom stereocenters. The summed E-state index contributed by atoms with van der Waals surface area (Å²) in [6.45, 7) is 3.88. The summed E-state index contributed by atoms with van der Waals surface area (Å²) in [5.41, 5.74) is 0.186. The molecule has 1 rings (SSSR count). The predicted octanol–water partition coefficient (Wildman–Crippen LogP) is 2.92. The normalized spacial score (nSPS) is 16.1. The summed E-state index contributed by atoms with van der Waals surface area (Å²) in [6.07, 6.45) is 1.85. The van der Waals surface area contributed by atoms with Crippen molar-refractivity contribution in [1.82, 2.24) is 0 Å². The van der Waals surface area contributed by atoms with Crippen LogP contribution in [0.2, 0.25) is 0 Å². The second-order valence-electron chi connectivity index (χ2n) is 4.21. The molecule has 2 nitrogen and oxygen atoms in total. The minimum absolute atomic E-state index is 0.294. The van der Waals surface area contributed by atoms with Gasteiger partial charge in [0, 0.05) is 6.42 Å². The Kier molecular flexibility index (Phi) is 4.52. The molecule has 0 aliphatic carbocycles. The van der Waals surface area contributed by atoms with E-state index >= 15 is 0 Å². The molecule has 86 valence electrons. The lowest BCUT2D eigenvalue weighted by Gasteiger charge is -2.31. The Morgan fingerprint density at radius 1 is 1.31 bits per heavy atom. The molecule has 1 N–H and O–H groups in total. The van der Waals surface area contributed by atoms with Crippen molar-refractivity contribution in [2.75, 3.05) is 0 Å². The molecular weight excluding hydrogens is 198 g/mol. The van der Waals surface area contributed by atoms with E-state index in [0.717, 1.165) is 5.56 Å². The van der Waals surface area contributed by atoms with Gasteiger partial charge in [0.2, 0.25) is 0 Å². The highest BCUT2D eigenvalue weighted by molar-refractivity contribution is 5.18. The van der Waals surface area contributed by atoms with E-state index in [2.05, 4.69) is 6.07 Å². The summed E-state index contributed by atoms with van der Waals surface area (Å²) in [5, 5.41) is 19.6. The lowest BCUT2D eigenvalue weighted by atomic mass is 9.79. The lowest BCUT2D eigenvalue weighted by molar-refractivity contribution is -0.00259. The van der Waals surface area contributed by atoms with Crippen LogP contribution in [0, 0.1) is 17.2 Å². The van der Waals surface area contributed by atoms with E-state index in [9.17, 15) is 5.11 Å². The molecule has 16 heavy (non-hydrogen) atoms. The Hall–Kier alpha value is -1.33. The number of benzene rings is 1. The highest BCUT2D eigenvalue weighted by Gasteiger charge is 2.34. The Balaban J connectivity index is 2.86. The van der Waals surface area contributed by atoms with Crippen molar-refractivity contribution in [1.29, 1.82) is 5.26 Å². The fourth-order valence-corrected chi connectivity index (χ4v) is 2.04. The van der Waals surface area contributed by atoms with Crippen LogP contribution in [-0.4, -0.2) is 10.7 Å². The van der Waals surface area contributed by atoms with Gasteiger partial charge in [-0.25, -0.2) is 0 Å². The fourth-order valence-electron chi connectivity index (χ4n) is 2.04. The second kappa shape index (κ2) is 5.67. The SMILES string of the molecule is CCC(C#N)C(O)(CC)Cc1ccccc1. The van der Waals surface area contributed by atoms with Gasteiger partial charge in [-0.05, 0) is 18.4 Å². The van der Waals surface area contributed by atoms with Crippen molar-refractivity contribution in [2.45, 2.75) is 38.7 Å². The molecule has 0 aliphatic rings. The van der Waals surface area contributed by atoms with Crippen molar-refractivity contribution in [3.05, 3.63) is 35.9 Å². The molecule has 2 unspecified atom stereocenters. The van der Waals surface area contributed by atoms with Gasteiger partial charge in [-0.1, -0.05) is 44.2 Å². The van der Waals surface area contributed by atoms with E-state index in [1.54, 1.807) is 0 Å². The summed E-state index contributed by atoms with van der Waals surface area (Å²) in [6, 6.07) is 12.1. The molecule has 0 saturated heterocycles. The van der Waals surface area contributed by atoms with Gasteiger partial charge in [-0.2, -0.15) is 5.26 Å². The van der Waals surface area contributed by atoms with Gasteiger partial charge in [0.25, 0.3) is 0 Å². The van der Waals surface area contributed by atoms with E-state index in [4.69, 9.17) is 5.26 Å². The summed E-state index contributed by atoms with van der Waals surface area (Å²) in [4.78, 5) is 0. The quantitative estimate of drug-likeness (QED) is 0.824. The van der Waals surface area contributed by atoms with Gasteiger partial charge in [0.15, 0.2) is 0 Å². The van der Waals surface area contributed by atoms with Crippen LogP contribution < -0.4 is 0 Å². The van der Waals surface area contributed by atoms with Crippen molar-refractivity contribution in [3.63, 3.8) is 0 Å². The van der Waals surface area contributed by atoms with Gasteiger partial charge in [-0.15, -0.1) is 0 Å². The van der Waals surface area contributed by atoms with Crippen molar-refractivity contribution < 1.29 is 5.11 Å². The van der Waals surface area contributed by atoms with Crippen molar-refractivity contribution in [2.24, 2.45) is 5.92 Å². The van der Waals surface area contributed by atoms with Crippen LogP contribution in [0.4, 0.5) is 0 Å². The van der Waals surface area contributed by atoms with Gasteiger partial charge >= 0.3 is 0 Å². The predicted molar refractivity (Wildman–Crippen MR) is 64.8 cm³/mol. The summed E-state index contributed by atoms with van der Waals surface area (Å²) < 4.78 is 0. The molecule has 0 fully saturated rings. The second-order valence-corrected chi connectivity index (χ2v) is 4.21. The first-order chi connectivity index (χ1) is 7.66. The first-order valence-electron chi connectivity index (χ1n) is 5.82. The van der Waals surface area contributed by atoms with E-state index in [0.29, 0.717) is 19.3 Å². The first kappa shape index (κ1) is 12.7. The number of nitrogens with zero attached hydrogens (tertiary/aromatic N) is 1. The Morgan fingerprint density at radius 2 is 1.94 bits per heavy atom. The van der Waals surface area contributed by atoms with Crippen LogP contribution in [0.1, 0.15) is 32.3 Å². The standard InChI is InChI=1S/C14H19NO/c1-3-13(11-15)14(16,4-2)10-12-8-6-5-7-9-12/h5-9,13,16H,3-4,10H2,1-2H3. The van der Waals surface area contributed by atoms with Gasteiger partial charge in [0.1, 0.15) is 0 Å². The zero-order valence-corrected chi connectivity index (χ0v) is 9.98. The molecule has 0 aliphatic heterocycles. The lowest BCUT2D eigenvalue weighted by Crippen LogP contribution is -2.38. The summed E-state index contributed by atoms with van der Waals surface area (Å²) >= 11 is 0. The van der Waals surface area contributed by atoms with Gasteiger partial charge < -0.3 is 5.11 Å². The first-order valence-corrected chi connectivity index (χ1v) is 5.82. The molecule has 0 saturated carbocycles. The number of hydrogen-bond donors (Lipinski definition) is 1. The minimum Gasteiger partial charge on any atom is -0.388 e. The van der Waals surface area contributed by atoms with Crippen LogP contribution in [0.15, 0.2) is 30.3 Å². The van der Waals surface area contributed by atoms with Crippen LogP contribution in [-0.2, 0) is 6.42 Å². The average molecular weight is 217 g/mol. The Morgan fingerprint density at radius 3 is 2.38 bits per heavy atom. The fraction of sp³-hybridized carbons (Fsp3) is 0.500. The molecule has 0 bridgehead atoms. The molecule has 0 spiro atoms. The maximum atomic E-state index is 10.5. The zero-order valence-electron chi connectivity index (χ0n) is 9.98. The summed E-state index contributed by atoms with van der Waals surface area (Å²) in [5.74, 6) is -0.294. The van der Waals surface area contributed by atoms with E-state index in [1.165, 1.54) is 0 Å². The molecule has 0 amide bonds. The molecular formula is C14H19NO. The van der Waals surface area contributed by atoms with Crippen LogP contribution >= 0.6 is 0 Å². The van der Waals surface area contributed by atoms with Crippen molar-refractivity contribution >= 4 is 0 Å². The molecule has 0 radical (unpaired) electrons. The minimum atomic E-state index is -0.898. The molecule has 1 aromatic rings. The molecule has 2 heteroatoms. The van der Waals surface area contributed by atoms with Crippen molar-refractivity contribution in [3.8, 4) is 6.07 Å². The number of rotatable bonds is 5. The van der Waals surface area contributed by atoms with E-state index in [1.807, 2.05) is 44.2 Å². The molecule has 1 aromatic carbocycles. The molecule has 0 aromatic heterocycles. The smallest absolute Gasteiger partial charge is 0.0842 e. The van der Waals surface area contributed by atoms with E-state index < -0.39 is 5.60 Å². The molecule has 0 heterocycles. The Labute approximate surface area is 97.5 Å². The maximum absolute atomic E-state index is 10.5. The highest BCUT2D eigenvalue weighted by Crippen LogP contribution is 2.28. The third-order valence-electron chi connectivity index (χ3n) is 3.18.